The van der Waals surface area contributed by atoms with Crippen LogP contribution in [0.1, 0.15) is 11.1 Å². The Balaban J connectivity index is 1.52. The second-order valence-electron chi connectivity index (χ2n) is 7.21. The van der Waals surface area contributed by atoms with E-state index in [1.165, 1.54) is 55.3 Å². The van der Waals surface area contributed by atoms with E-state index in [0.29, 0.717) is 32.8 Å². The largest absolute Gasteiger partial charge is 0.493 e. The van der Waals surface area contributed by atoms with E-state index >= 15 is 0 Å². The highest BCUT2D eigenvalue weighted by Crippen LogP contribution is 2.36. The molecule has 178 valence electrons. The van der Waals surface area contributed by atoms with Crippen LogP contribution in [0, 0.1) is 19.5 Å². The Bertz CT molecular complexity index is 1360. The van der Waals surface area contributed by atoms with E-state index in [4.69, 9.17) is 9.47 Å². The molecule has 1 fully saturated rings. The molecule has 4 rings (SSSR count). The van der Waals surface area contributed by atoms with E-state index in [9.17, 15) is 19.3 Å². The van der Waals surface area contributed by atoms with Gasteiger partial charge in [0.05, 0.1) is 26.2 Å². The summed E-state index contributed by atoms with van der Waals surface area (Å²) in [5, 5.41) is 14.1. The van der Waals surface area contributed by atoms with Crippen molar-refractivity contribution in [3.8, 4) is 11.5 Å². The van der Waals surface area contributed by atoms with E-state index in [2.05, 4.69) is 32.9 Å². The number of nitrogens with zero attached hydrogens (tertiary/aromatic N) is 2. The highest BCUT2D eigenvalue weighted by atomic mass is 127. The van der Waals surface area contributed by atoms with Gasteiger partial charge in [0.25, 0.3) is 11.6 Å². The number of nitro groups is 1. The Morgan fingerprint density at radius 1 is 1.20 bits per heavy atom. The van der Waals surface area contributed by atoms with Gasteiger partial charge >= 0.3 is 0 Å². The third-order valence-corrected chi connectivity index (χ3v) is 6.47. The number of thioether (sulfide) groups is 1. The molecule has 1 aliphatic rings. The Morgan fingerprint density at radius 2 is 1.97 bits per heavy atom. The van der Waals surface area contributed by atoms with Crippen LogP contribution in [-0.2, 0) is 11.4 Å². The summed E-state index contributed by atoms with van der Waals surface area (Å²) in [6.07, 6.45) is 1.71. The number of aliphatic imine (C=N–C) groups is 1. The number of rotatable bonds is 7. The predicted octanol–water partition coefficient (Wildman–Crippen LogP) is 5.82. The Kier molecular flexibility index (Phi) is 7.66. The van der Waals surface area contributed by atoms with Crippen LogP contribution in [0.2, 0.25) is 0 Å². The molecule has 1 amide bonds. The molecular weight excluding hydrogens is 588 g/mol. The van der Waals surface area contributed by atoms with Crippen LogP contribution in [0.25, 0.3) is 6.08 Å². The predicted molar refractivity (Wildman–Crippen MR) is 140 cm³/mol. The lowest BCUT2D eigenvalue weighted by atomic mass is 10.1. The van der Waals surface area contributed by atoms with Gasteiger partial charge in [0.1, 0.15) is 12.4 Å². The van der Waals surface area contributed by atoms with Crippen molar-refractivity contribution in [3.05, 3.63) is 96.2 Å². The fourth-order valence-electron chi connectivity index (χ4n) is 3.14. The summed E-state index contributed by atoms with van der Waals surface area (Å²) in [6.45, 7) is 0.121. The highest BCUT2D eigenvalue weighted by Gasteiger charge is 2.24. The standard InChI is InChI=1S/C24H17FIN3O5S/c1-33-20-11-15(10-19(26)22(20)34-13-14-3-2-4-18(9-14)29(31)32)12-21-23(30)28-24(35-21)27-17-7-5-16(25)6-8-17/h2-12H,13H2,1H3,(H,27,28,30). The minimum absolute atomic E-state index is 0.00980. The first-order valence-electron chi connectivity index (χ1n) is 10.1. The SMILES string of the molecule is COc1cc(C=C2SC(=Nc3ccc(F)cc3)NC2=O)cc(I)c1OCc1cccc([N+](=O)[O-])c1. The van der Waals surface area contributed by atoms with E-state index in [-0.39, 0.29) is 24.0 Å². The number of amides is 1. The Hall–Kier alpha value is -3.45. The first-order valence-corrected chi connectivity index (χ1v) is 12.0. The number of methoxy groups -OCH3 is 1. The van der Waals surface area contributed by atoms with Crippen molar-refractivity contribution in [2.45, 2.75) is 6.61 Å². The van der Waals surface area contributed by atoms with Crippen molar-refractivity contribution in [3.63, 3.8) is 0 Å². The molecule has 1 N–H and O–H groups in total. The van der Waals surface area contributed by atoms with Crippen LogP contribution < -0.4 is 14.8 Å². The lowest BCUT2D eigenvalue weighted by Gasteiger charge is -2.14. The lowest BCUT2D eigenvalue weighted by Crippen LogP contribution is -2.19. The van der Waals surface area contributed by atoms with Crippen LogP contribution in [0.5, 0.6) is 11.5 Å². The number of halogens is 2. The lowest BCUT2D eigenvalue weighted by molar-refractivity contribution is -0.384. The monoisotopic (exact) mass is 605 g/mol. The second-order valence-corrected chi connectivity index (χ2v) is 9.40. The summed E-state index contributed by atoms with van der Waals surface area (Å²) in [6, 6.07) is 15.4. The van der Waals surface area contributed by atoms with Crippen molar-refractivity contribution in [1.82, 2.24) is 5.32 Å². The average Bonchev–Trinajstić information content (AvgIpc) is 3.17. The van der Waals surface area contributed by atoms with Crippen LogP contribution in [0.3, 0.4) is 0 Å². The summed E-state index contributed by atoms with van der Waals surface area (Å²) in [4.78, 5) is 27.7. The topological polar surface area (TPSA) is 103 Å². The van der Waals surface area contributed by atoms with Gasteiger partial charge < -0.3 is 14.8 Å². The van der Waals surface area contributed by atoms with Crippen molar-refractivity contribution >= 4 is 62.9 Å². The maximum atomic E-state index is 13.1. The zero-order valence-corrected chi connectivity index (χ0v) is 21.1. The average molecular weight is 605 g/mol. The van der Waals surface area contributed by atoms with Crippen molar-refractivity contribution in [2.24, 2.45) is 4.99 Å². The van der Waals surface area contributed by atoms with Crippen molar-refractivity contribution < 1.29 is 23.6 Å². The summed E-state index contributed by atoms with van der Waals surface area (Å²) in [7, 11) is 1.51. The third-order valence-electron chi connectivity index (χ3n) is 4.76. The number of nitro benzene ring substituents is 1. The normalized spacial score (nSPS) is 15.3. The Labute approximate surface area is 217 Å². The number of nitrogens with one attached hydrogen (secondary N) is 1. The van der Waals surface area contributed by atoms with Gasteiger partial charge in [-0.05, 0) is 88.0 Å². The fourth-order valence-corrected chi connectivity index (χ4v) is 4.77. The van der Waals surface area contributed by atoms with Gasteiger partial charge in [-0.15, -0.1) is 0 Å². The summed E-state index contributed by atoms with van der Waals surface area (Å²) < 4.78 is 25.2. The molecule has 1 aliphatic heterocycles. The van der Waals surface area contributed by atoms with E-state index in [1.807, 2.05) is 6.07 Å². The number of ether oxygens (including phenoxy) is 2. The molecule has 0 aromatic heterocycles. The van der Waals surface area contributed by atoms with Gasteiger partial charge in [0, 0.05) is 12.1 Å². The molecule has 0 bridgehead atoms. The zero-order valence-electron chi connectivity index (χ0n) is 18.2. The van der Waals surface area contributed by atoms with Crippen LogP contribution in [0.4, 0.5) is 15.8 Å². The number of hydrogen-bond acceptors (Lipinski definition) is 7. The van der Waals surface area contributed by atoms with Gasteiger partial charge in [0.15, 0.2) is 16.7 Å². The first kappa shape index (κ1) is 24.7. The molecule has 35 heavy (non-hydrogen) atoms. The molecule has 0 atom stereocenters. The van der Waals surface area contributed by atoms with Crippen LogP contribution in [-0.4, -0.2) is 23.1 Å². The van der Waals surface area contributed by atoms with Gasteiger partial charge in [-0.2, -0.15) is 0 Å². The fraction of sp³-hybridized carbons (Fsp3) is 0.0833. The number of carbonyl (C=O) groups is 1. The van der Waals surface area contributed by atoms with Crippen LogP contribution >= 0.6 is 34.4 Å². The molecule has 1 saturated heterocycles. The molecule has 8 nitrogen and oxygen atoms in total. The minimum atomic E-state index is -0.455. The van der Waals surface area contributed by atoms with Gasteiger partial charge in [-0.25, -0.2) is 9.38 Å². The van der Waals surface area contributed by atoms with E-state index in [1.54, 1.807) is 24.3 Å². The molecule has 0 saturated carbocycles. The van der Waals surface area contributed by atoms with E-state index in [0.717, 1.165) is 9.13 Å². The van der Waals surface area contributed by atoms with Crippen molar-refractivity contribution in [2.75, 3.05) is 7.11 Å². The van der Waals surface area contributed by atoms with Gasteiger partial charge in [-0.1, -0.05) is 12.1 Å². The summed E-state index contributed by atoms with van der Waals surface area (Å²) in [5.74, 6) is 0.288. The quantitative estimate of drug-likeness (QED) is 0.158. The number of carbonyl (C=O) groups excluding carboxylic acids is 1. The molecule has 0 radical (unpaired) electrons. The molecule has 11 heteroatoms. The number of benzene rings is 3. The molecule has 3 aromatic rings. The first-order chi connectivity index (χ1) is 16.8. The van der Waals surface area contributed by atoms with Gasteiger partial charge in [0.2, 0.25) is 0 Å². The maximum absolute atomic E-state index is 13.1. The summed E-state index contributed by atoms with van der Waals surface area (Å²) in [5.41, 5.74) is 1.88. The molecule has 0 unspecified atom stereocenters. The van der Waals surface area contributed by atoms with Gasteiger partial charge in [-0.3, -0.25) is 14.9 Å². The summed E-state index contributed by atoms with van der Waals surface area (Å²) >= 11 is 3.28. The number of non-ortho nitro benzene ring substituents is 1. The minimum Gasteiger partial charge on any atom is -0.493 e. The van der Waals surface area contributed by atoms with Crippen LogP contribution in [0.15, 0.2) is 70.6 Å². The highest BCUT2D eigenvalue weighted by molar-refractivity contribution is 14.1. The molecule has 3 aromatic carbocycles. The maximum Gasteiger partial charge on any atom is 0.269 e. The Morgan fingerprint density at radius 3 is 2.69 bits per heavy atom. The zero-order chi connectivity index (χ0) is 24.9. The molecule has 0 spiro atoms. The second kappa shape index (κ2) is 10.9. The smallest absolute Gasteiger partial charge is 0.269 e. The number of amidine groups is 1. The molecule has 1 heterocycles. The number of hydrogen-bond donors (Lipinski definition) is 1. The van der Waals surface area contributed by atoms with E-state index < -0.39 is 4.92 Å². The molecular formula is C24H17FIN3O5S. The third kappa shape index (κ3) is 6.17. The molecule has 0 aliphatic carbocycles. The van der Waals surface area contributed by atoms with Crippen molar-refractivity contribution in [1.29, 1.82) is 0 Å².